The van der Waals surface area contributed by atoms with E-state index in [0.29, 0.717) is 6.04 Å². The van der Waals surface area contributed by atoms with E-state index in [9.17, 15) is 0 Å². The molecule has 0 spiro atoms. The van der Waals surface area contributed by atoms with Crippen LogP contribution in [-0.2, 0) is 6.42 Å². The molecule has 0 radical (unpaired) electrons. The van der Waals surface area contributed by atoms with Crippen molar-refractivity contribution in [2.75, 3.05) is 27.8 Å². The number of likely N-dealkylation sites (N-methyl/N-ethyl adjacent to an activating group) is 1. The third kappa shape index (κ3) is 2.98. The van der Waals surface area contributed by atoms with Gasteiger partial charge in [0.1, 0.15) is 6.04 Å². The number of quaternary nitrogens is 1. The minimum Gasteiger partial charge on any atom is -0.493 e. The lowest BCUT2D eigenvalue weighted by atomic mass is 9.88. The minimum atomic E-state index is -1.48. The smallest absolute Gasteiger partial charge is 0.276 e. The highest BCUT2D eigenvalue weighted by molar-refractivity contribution is 6.69. The van der Waals surface area contributed by atoms with Crippen LogP contribution in [0.1, 0.15) is 22.7 Å². The van der Waals surface area contributed by atoms with Crippen molar-refractivity contribution in [1.29, 1.82) is 0 Å². The van der Waals surface area contributed by atoms with Gasteiger partial charge in [-0.05, 0) is 37.3 Å². The van der Waals surface area contributed by atoms with Crippen molar-refractivity contribution in [2.45, 2.75) is 32.1 Å². The van der Waals surface area contributed by atoms with Crippen LogP contribution in [-0.4, -0.2) is 40.2 Å². The maximum atomic E-state index is 5.62. The molecule has 0 bridgehead atoms. The molecule has 0 amide bonds. The molecule has 0 aromatic heterocycles. The first-order valence-corrected chi connectivity index (χ1v) is 12.4. The third-order valence-electron chi connectivity index (χ3n) is 6.00. The van der Waals surface area contributed by atoms with Crippen LogP contribution in [0.25, 0.3) is 0 Å². The molecular weight excluding hydrogens is 326 g/mol. The average molecular weight is 357 g/mol. The van der Waals surface area contributed by atoms with Gasteiger partial charge >= 0.3 is 0 Å². The monoisotopic (exact) mass is 356 g/mol. The molecule has 2 aromatic rings. The van der Waals surface area contributed by atoms with Crippen LogP contribution in [0.4, 0.5) is 0 Å². The van der Waals surface area contributed by atoms with Gasteiger partial charge < -0.3 is 13.6 Å². The Morgan fingerprint density at radius 3 is 2.12 bits per heavy atom. The number of hydrogen-bond acceptors (Lipinski definition) is 2. The highest BCUT2D eigenvalue weighted by atomic mass is 28.3. The van der Waals surface area contributed by atoms with E-state index in [-0.39, 0.29) is 0 Å². The Balaban J connectivity index is 2.25. The van der Waals surface area contributed by atoms with E-state index in [0.717, 1.165) is 28.6 Å². The van der Waals surface area contributed by atoms with Gasteiger partial charge in [-0.1, -0.05) is 30.3 Å². The van der Waals surface area contributed by atoms with Crippen LogP contribution >= 0.6 is 0 Å². The van der Waals surface area contributed by atoms with Crippen LogP contribution < -0.4 is 9.47 Å². The summed E-state index contributed by atoms with van der Waals surface area (Å²) in [6.45, 7) is 8.61. The van der Waals surface area contributed by atoms with E-state index < -0.39 is 8.24 Å². The Morgan fingerprint density at radius 1 is 0.960 bits per heavy atom. The molecule has 134 valence electrons. The molecule has 0 N–H and O–H groups in total. The largest absolute Gasteiger partial charge is 0.493 e. The zero-order chi connectivity index (χ0) is 18.2. The second kappa shape index (κ2) is 6.50. The fourth-order valence-electron chi connectivity index (χ4n) is 4.06. The Labute approximate surface area is 152 Å². The molecule has 0 saturated carbocycles. The normalized spacial score (nSPS) is 23.0. The molecular formula is C21H30NO2Si+. The van der Waals surface area contributed by atoms with Crippen LogP contribution in [0, 0.1) is 0 Å². The van der Waals surface area contributed by atoms with Gasteiger partial charge in [0.2, 0.25) is 0 Å². The second-order valence-corrected chi connectivity index (χ2v) is 13.5. The summed E-state index contributed by atoms with van der Waals surface area (Å²) in [5.41, 5.74) is 4.17. The minimum absolute atomic E-state index is 0.344. The SMILES string of the molecule is COc1cc2c(cc1OC)[C@H](c1ccccc1)[N@@+](C)([Si](C)(C)C)CC2. The van der Waals surface area contributed by atoms with Gasteiger partial charge in [-0.15, -0.1) is 0 Å². The number of rotatable bonds is 4. The summed E-state index contributed by atoms with van der Waals surface area (Å²) in [6.07, 6.45) is 1.08. The first-order chi connectivity index (χ1) is 11.8. The lowest BCUT2D eigenvalue weighted by Crippen LogP contribution is -2.65. The van der Waals surface area contributed by atoms with Crippen molar-refractivity contribution in [1.82, 2.24) is 0 Å². The van der Waals surface area contributed by atoms with E-state index in [1.807, 2.05) is 0 Å². The molecule has 0 saturated heterocycles. The number of benzene rings is 2. The summed E-state index contributed by atoms with van der Waals surface area (Å²) in [6, 6.07) is 15.7. The molecule has 3 nitrogen and oxygen atoms in total. The van der Waals surface area contributed by atoms with Gasteiger partial charge in [0.15, 0.2) is 11.5 Å². The number of ether oxygens (including phenoxy) is 2. The first-order valence-electron chi connectivity index (χ1n) is 8.97. The molecule has 1 aliphatic rings. The number of nitrogens with zero attached hydrogens (tertiary/aromatic N) is 1. The van der Waals surface area contributed by atoms with Crippen molar-refractivity contribution in [3.05, 3.63) is 59.2 Å². The van der Waals surface area contributed by atoms with Crippen LogP contribution in [0.2, 0.25) is 19.6 Å². The lowest BCUT2D eigenvalue weighted by Gasteiger charge is -2.54. The number of fused-ring (bicyclic) bond motifs is 1. The fraction of sp³-hybridized carbons (Fsp3) is 0.429. The molecule has 1 heterocycles. The van der Waals surface area contributed by atoms with Crippen molar-refractivity contribution in [3.63, 3.8) is 0 Å². The molecule has 1 aliphatic heterocycles. The Morgan fingerprint density at radius 2 is 1.56 bits per heavy atom. The predicted molar refractivity (Wildman–Crippen MR) is 106 cm³/mol. The van der Waals surface area contributed by atoms with Crippen LogP contribution in [0.3, 0.4) is 0 Å². The maximum absolute atomic E-state index is 5.62. The summed E-state index contributed by atoms with van der Waals surface area (Å²) in [7, 11) is 4.40. The molecule has 4 heteroatoms. The van der Waals surface area contributed by atoms with Crippen molar-refractivity contribution >= 4 is 8.24 Å². The molecule has 0 aliphatic carbocycles. The second-order valence-electron chi connectivity index (χ2n) is 8.13. The summed E-state index contributed by atoms with van der Waals surface area (Å²) in [4.78, 5) is 0. The van der Waals surface area contributed by atoms with Crippen molar-refractivity contribution < 1.29 is 13.6 Å². The van der Waals surface area contributed by atoms with Gasteiger partial charge in [-0.3, -0.25) is 0 Å². The zero-order valence-corrected chi connectivity index (χ0v) is 17.3. The zero-order valence-electron chi connectivity index (χ0n) is 16.3. The van der Waals surface area contributed by atoms with Gasteiger partial charge in [-0.25, -0.2) is 0 Å². The molecule has 0 fully saturated rings. The number of methoxy groups -OCH3 is 2. The topological polar surface area (TPSA) is 18.5 Å². The average Bonchev–Trinajstić information content (AvgIpc) is 2.60. The highest BCUT2D eigenvalue weighted by Gasteiger charge is 2.49. The van der Waals surface area contributed by atoms with E-state index in [1.165, 1.54) is 16.7 Å². The van der Waals surface area contributed by atoms with Gasteiger partial charge in [-0.2, -0.15) is 0 Å². The summed E-state index contributed by atoms with van der Waals surface area (Å²) in [5.74, 6) is 1.66. The molecule has 2 atom stereocenters. The molecule has 0 unspecified atom stereocenters. The highest BCUT2D eigenvalue weighted by Crippen LogP contribution is 2.46. The van der Waals surface area contributed by atoms with Crippen molar-refractivity contribution in [3.8, 4) is 11.5 Å². The Bertz CT molecular complexity index is 754. The standard InChI is InChI=1S/C21H30NO2Si/c1-22(25(4,5)6)13-12-17-14-19(23-2)20(24-3)15-18(17)21(22)16-10-8-7-9-11-16/h7-11,14-15,21H,12-13H2,1-6H3/q+1/t21-,22-/m0/s1. The van der Waals surface area contributed by atoms with Gasteiger partial charge in [0.05, 0.1) is 27.8 Å². The summed E-state index contributed by atoms with van der Waals surface area (Å²) in [5, 5.41) is 0. The quantitative estimate of drug-likeness (QED) is 0.744. The van der Waals surface area contributed by atoms with E-state index in [4.69, 9.17) is 9.47 Å². The lowest BCUT2D eigenvalue weighted by molar-refractivity contribution is -0.842. The summed E-state index contributed by atoms with van der Waals surface area (Å²) >= 11 is 0. The van der Waals surface area contributed by atoms with E-state index in [1.54, 1.807) is 14.2 Å². The van der Waals surface area contributed by atoms with Gasteiger partial charge in [0.25, 0.3) is 8.24 Å². The van der Waals surface area contributed by atoms with Crippen molar-refractivity contribution in [2.24, 2.45) is 0 Å². The van der Waals surface area contributed by atoms with Crippen LogP contribution in [0.5, 0.6) is 11.5 Å². The molecule has 2 aromatic carbocycles. The molecule has 3 rings (SSSR count). The fourth-order valence-corrected chi connectivity index (χ4v) is 5.91. The van der Waals surface area contributed by atoms with Gasteiger partial charge in [0, 0.05) is 17.5 Å². The van der Waals surface area contributed by atoms with Crippen LogP contribution in [0.15, 0.2) is 42.5 Å². The Hall–Kier alpha value is -1.78. The van der Waals surface area contributed by atoms with E-state index >= 15 is 0 Å². The molecule has 25 heavy (non-hydrogen) atoms. The third-order valence-corrected chi connectivity index (χ3v) is 9.55. The van der Waals surface area contributed by atoms with E-state index in [2.05, 4.69) is 69.2 Å². The first kappa shape index (κ1) is 18.0. The number of hydrogen-bond donors (Lipinski definition) is 0. The predicted octanol–water partition coefficient (Wildman–Crippen LogP) is 4.63. The maximum Gasteiger partial charge on any atom is 0.276 e. The summed E-state index contributed by atoms with van der Waals surface area (Å²) < 4.78 is 12.3. The Kier molecular flexibility index (Phi) is 4.69.